The van der Waals surface area contributed by atoms with E-state index < -0.39 is 0 Å². The Morgan fingerprint density at radius 2 is 1.53 bits per heavy atom. The van der Waals surface area contributed by atoms with Crippen LogP contribution in [0.1, 0.15) is 23.6 Å². The second-order valence-corrected chi connectivity index (χ2v) is 9.57. The number of rotatable bonds is 5. The van der Waals surface area contributed by atoms with Crippen LogP contribution in [0, 0.1) is 0 Å². The van der Waals surface area contributed by atoms with Gasteiger partial charge in [0.15, 0.2) is 0 Å². The summed E-state index contributed by atoms with van der Waals surface area (Å²) in [5.41, 5.74) is 6.03. The highest BCUT2D eigenvalue weighted by Gasteiger charge is 2.32. The average Bonchev–Trinajstić information content (AvgIpc) is 3.39. The molecule has 0 N–H and O–H groups in total. The summed E-state index contributed by atoms with van der Waals surface area (Å²) < 4.78 is 6.34. The normalized spacial score (nSPS) is 15.2. The quantitative estimate of drug-likeness (QED) is 0.235. The number of hydrazone groups is 1. The fourth-order valence-corrected chi connectivity index (χ4v) is 4.96. The molecule has 0 aliphatic carbocycles. The first-order chi connectivity index (χ1) is 17.7. The molecule has 0 amide bonds. The fraction of sp³-hybridized carbons (Fsp3) is 0.100. The zero-order chi connectivity index (χ0) is 24.5. The lowest BCUT2D eigenvalue weighted by atomic mass is 9.98. The van der Waals surface area contributed by atoms with E-state index in [0.717, 1.165) is 50.1 Å². The predicted molar refractivity (Wildman–Crippen MR) is 148 cm³/mol. The van der Waals surface area contributed by atoms with Crippen LogP contribution in [-0.4, -0.2) is 22.8 Å². The van der Waals surface area contributed by atoms with Crippen molar-refractivity contribution in [2.75, 3.05) is 12.1 Å². The molecule has 5 aromatic rings. The molecule has 0 saturated carbocycles. The fourth-order valence-electron chi connectivity index (χ4n) is 4.59. The molecule has 1 atom stereocenters. The zero-order valence-electron chi connectivity index (χ0n) is 19.7. The molecule has 2 heterocycles. The van der Waals surface area contributed by atoms with Gasteiger partial charge in [-0.05, 0) is 53.6 Å². The van der Waals surface area contributed by atoms with Gasteiger partial charge in [-0.3, -0.25) is 0 Å². The summed E-state index contributed by atoms with van der Waals surface area (Å²) in [6.07, 6.45) is 0.749. The SMILES string of the molecule is COc1ccc(C2=NN(c3nc(-c4ccccc4)c4cc(Br)ccc4n3)[C@H](c3ccccc3)C2)cc1. The first-order valence-corrected chi connectivity index (χ1v) is 12.6. The number of hydrogen-bond acceptors (Lipinski definition) is 5. The van der Waals surface area contributed by atoms with Crippen molar-refractivity contribution in [1.29, 1.82) is 0 Å². The maximum absolute atomic E-state index is 5.34. The summed E-state index contributed by atoms with van der Waals surface area (Å²) in [7, 11) is 1.68. The number of aromatic nitrogens is 2. The number of benzene rings is 4. The molecule has 0 fully saturated rings. The van der Waals surface area contributed by atoms with E-state index in [0.29, 0.717) is 5.95 Å². The number of hydrogen-bond donors (Lipinski definition) is 0. The molecule has 4 aromatic carbocycles. The number of halogens is 1. The Balaban J connectivity index is 1.52. The Morgan fingerprint density at radius 3 is 2.25 bits per heavy atom. The van der Waals surface area contributed by atoms with Crippen LogP contribution < -0.4 is 9.75 Å². The van der Waals surface area contributed by atoms with Crippen molar-refractivity contribution in [2.24, 2.45) is 5.10 Å². The van der Waals surface area contributed by atoms with Gasteiger partial charge in [-0.1, -0.05) is 76.6 Å². The molecule has 0 bridgehead atoms. The van der Waals surface area contributed by atoms with Gasteiger partial charge < -0.3 is 4.74 Å². The zero-order valence-corrected chi connectivity index (χ0v) is 21.3. The molecule has 5 nitrogen and oxygen atoms in total. The standard InChI is InChI=1S/C30H23BrN4O/c1-36-24-15-12-20(13-16-24)27-19-28(21-8-4-2-5-9-21)35(34-27)30-32-26-17-14-23(31)18-25(26)29(33-30)22-10-6-3-7-11-22/h2-18,28H,19H2,1H3/t28-/m0/s1. The molecule has 6 rings (SSSR count). The number of nitrogens with zero attached hydrogens (tertiary/aromatic N) is 4. The van der Waals surface area contributed by atoms with Gasteiger partial charge in [0, 0.05) is 21.8 Å². The van der Waals surface area contributed by atoms with Crippen LogP contribution in [0.15, 0.2) is 113 Å². The molecule has 0 saturated heterocycles. The Bertz CT molecular complexity index is 1550. The minimum Gasteiger partial charge on any atom is -0.497 e. The molecule has 1 aliphatic rings. The molecule has 6 heteroatoms. The number of anilines is 1. The third kappa shape index (κ3) is 4.25. The van der Waals surface area contributed by atoms with Crippen LogP contribution in [0.3, 0.4) is 0 Å². The summed E-state index contributed by atoms with van der Waals surface area (Å²) in [6, 6.07) is 34.8. The summed E-state index contributed by atoms with van der Waals surface area (Å²) >= 11 is 3.61. The second kappa shape index (κ2) is 9.55. The van der Waals surface area contributed by atoms with Crippen molar-refractivity contribution >= 4 is 38.5 Å². The van der Waals surface area contributed by atoms with E-state index in [9.17, 15) is 0 Å². The molecule has 36 heavy (non-hydrogen) atoms. The largest absolute Gasteiger partial charge is 0.497 e. The Hall–Kier alpha value is -4.03. The first-order valence-electron chi connectivity index (χ1n) is 11.8. The third-order valence-electron chi connectivity index (χ3n) is 6.42. The lowest BCUT2D eigenvalue weighted by Crippen LogP contribution is -2.21. The van der Waals surface area contributed by atoms with Crippen LogP contribution in [0.4, 0.5) is 5.95 Å². The smallest absolute Gasteiger partial charge is 0.247 e. The highest BCUT2D eigenvalue weighted by atomic mass is 79.9. The topological polar surface area (TPSA) is 50.6 Å². The van der Waals surface area contributed by atoms with Gasteiger partial charge >= 0.3 is 0 Å². The van der Waals surface area contributed by atoms with Gasteiger partial charge in [0.05, 0.1) is 30.1 Å². The van der Waals surface area contributed by atoms with Crippen LogP contribution >= 0.6 is 15.9 Å². The highest BCUT2D eigenvalue weighted by Crippen LogP contribution is 2.38. The first kappa shape index (κ1) is 22.4. The van der Waals surface area contributed by atoms with E-state index in [2.05, 4.69) is 70.5 Å². The molecule has 1 aromatic heterocycles. The minimum absolute atomic E-state index is 0.0141. The predicted octanol–water partition coefficient (Wildman–Crippen LogP) is 7.42. The van der Waals surface area contributed by atoms with E-state index in [1.165, 1.54) is 5.56 Å². The summed E-state index contributed by atoms with van der Waals surface area (Å²) in [5.74, 6) is 1.41. The van der Waals surface area contributed by atoms with Crippen LogP contribution in [0.25, 0.3) is 22.2 Å². The van der Waals surface area contributed by atoms with Gasteiger partial charge in [-0.25, -0.2) is 15.0 Å². The number of methoxy groups -OCH3 is 1. The van der Waals surface area contributed by atoms with Crippen LogP contribution in [-0.2, 0) is 0 Å². The van der Waals surface area contributed by atoms with Gasteiger partial charge in [0.25, 0.3) is 0 Å². The van der Waals surface area contributed by atoms with E-state index in [-0.39, 0.29) is 6.04 Å². The van der Waals surface area contributed by atoms with Crippen molar-refractivity contribution < 1.29 is 4.74 Å². The van der Waals surface area contributed by atoms with E-state index in [1.807, 2.05) is 53.5 Å². The molecular formula is C30H23BrN4O. The van der Waals surface area contributed by atoms with Crippen molar-refractivity contribution in [3.8, 4) is 17.0 Å². The Morgan fingerprint density at radius 1 is 0.806 bits per heavy atom. The lowest BCUT2D eigenvalue weighted by Gasteiger charge is -2.23. The molecular weight excluding hydrogens is 512 g/mol. The average molecular weight is 535 g/mol. The van der Waals surface area contributed by atoms with Gasteiger partial charge in [0.2, 0.25) is 5.95 Å². The van der Waals surface area contributed by atoms with E-state index in [1.54, 1.807) is 7.11 Å². The maximum atomic E-state index is 5.34. The lowest BCUT2D eigenvalue weighted by molar-refractivity contribution is 0.415. The highest BCUT2D eigenvalue weighted by molar-refractivity contribution is 9.10. The summed E-state index contributed by atoms with van der Waals surface area (Å²) in [5, 5.41) is 8.05. The van der Waals surface area contributed by atoms with Crippen LogP contribution in [0.2, 0.25) is 0 Å². The molecule has 176 valence electrons. The van der Waals surface area contributed by atoms with Gasteiger partial charge in [-0.2, -0.15) is 5.10 Å². The Kier molecular flexibility index (Phi) is 5.95. The van der Waals surface area contributed by atoms with Crippen molar-refractivity contribution in [2.45, 2.75) is 12.5 Å². The van der Waals surface area contributed by atoms with Gasteiger partial charge in [0.1, 0.15) is 5.75 Å². The maximum Gasteiger partial charge on any atom is 0.247 e. The summed E-state index contributed by atoms with van der Waals surface area (Å²) in [4.78, 5) is 10.1. The van der Waals surface area contributed by atoms with Crippen LogP contribution in [0.5, 0.6) is 5.75 Å². The Labute approximate surface area is 218 Å². The molecule has 1 aliphatic heterocycles. The molecule has 0 spiro atoms. The number of ether oxygens (including phenoxy) is 1. The molecule has 0 unspecified atom stereocenters. The van der Waals surface area contributed by atoms with E-state index in [4.69, 9.17) is 19.8 Å². The third-order valence-corrected chi connectivity index (χ3v) is 6.91. The van der Waals surface area contributed by atoms with Crippen molar-refractivity contribution in [3.05, 3.63) is 119 Å². The monoisotopic (exact) mass is 534 g/mol. The van der Waals surface area contributed by atoms with Crippen molar-refractivity contribution in [3.63, 3.8) is 0 Å². The second-order valence-electron chi connectivity index (χ2n) is 8.65. The number of fused-ring (bicyclic) bond motifs is 1. The summed E-state index contributed by atoms with van der Waals surface area (Å²) in [6.45, 7) is 0. The minimum atomic E-state index is -0.0141. The molecule has 0 radical (unpaired) electrons. The van der Waals surface area contributed by atoms with Gasteiger partial charge in [-0.15, -0.1) is 0 Å². The van der Waals surface area contributed by atoms with E-state index >= 15 is 0 Å². The van der Waals surface area contributed by atoms with Crippen molar-refractivity contribution in [1.82, 2.24) is 9.97 Å².